The molecule has 1 unspecified atom stereocenters. The second-order valence-electron chi connectivity index (χ2n) is 5.87. The van der Waals surface area contributed by atoms with E-state index >= 15 is 0 Å². The van der Waals surface area contributed by atoms with Crippen LogP contribution < -0.4 is 10.6 Å². The fourth-order valence-corrected chi connectivity index (χ4v) is 2.09. The van der Waals surface area contributed by atoms with Gasteiger partial charge in [-0.3, -0.25) is 10.2 Å². The molecule has 1 heterocycles. The van der Waals surface area contributed by atoms with Gasteiger partial charge in [0.15, 0.2) is 0 Å². The van der Waals surface area contributed by atoms with Crippen molar-refractivity contribution >= 4 is 12.2 Å². The van der Waals surface area contributed by atoms with Crippen LogP contribution in [-0.4, -0.2) is 53.6 Å². The summed E-state index contributed by atoms with van der Waals surface area (Å²) in [5.74, 6) is 0. The molecule has 7 nitrogen and oxygen atoms in total. The van der Waals surface area contributed by atoms with Crippen LogP contribution in [0, 0.1) is 0 Å². The minimum absolute atomic E-state index is 0.165. The standard InChI is InChI=1S/C13H25N3O4/c1-13(2,3)20-11(17)15-8-7-14-10-6-4-5-9-16(10)12(18)19/h10,14H,4-9H2,1-3H3,(H,15,17)(H,18,19). The first-order valence-corrected chi connectivity index (χ1v) is 6.99. The summed E-state index contributed by atoms with van der Waals surface area (Å²) in [5.41, 5.74) is -0.513. The van der Waals surface area contributed by atoms with Gasteiger partial charge in [-0.05, 0) is 40.0 Å². The van der Waals surface area contributed by atoms with Gasteiger partial charge in [0, 0.05) is 19.6 Å². The fourth-order valence-electron chi connectivity index (χ4n) is 2.09. The first kappa shape index (κ1) is 16.6. The van der Waals surface area contributed by atoms with Crippen LogP contribution >= 0.6 is 0 Å². The van der Waals surface area contributed by atoms with Crippen molar-refractivity contribution in [1.29, 1.82) is 0 Å². The van der Waals surface area contributed by atoms with E-state index in [0.29, 0.717) is 19.6 Å². The molecule has 0 bridgehead atoms. The van der Waals surface area contributed by atoms with Crippen molar-refractivity contribution < 1.29 is 19.4 Å². The van der Waals surface area contributed by atoms with Gasteiger partial charge < -0.3 is 15.2 Å². The number of piperidine rings is 1. The molecule has 0 aromatic rings. The molecule has 0 aromatic heterocycles. The molecule has 1 saturated heterocycles. The van der Waals surface area contributed by atoms with Gasteiger partial charge in [0.25, 0.3) is 0 Å². The normalized spacial score (nSPS) is 19.6. The summed E-state index contributed by atoms with van der Waals surface area (Å²) in [5, 5.41) is 14.9. The summed E-state index contributed by atoms with van der Waals surface area (Å²) >= 11 is 0. The summed E-state index contributed by atoms with van der Waals surface area (Å²) in [6.45, 7) is 6.88. The number of likely N-dealkylation sites (tertiary alicyclic amines) is 1. The van der Waals surface area contributed by atoms with Crippen LogP contribution in [0.5, 0.6) is 0 Å². The Bertz CT molecular complexity index is 341. The fraction of sp³-hybridized carbons (Fsp3) is 0.846. The molecule has 7 heteroatoms. The number of rotatable bonds is 4. The number of amides is 2. The topological polar surface area (TPSA) is 90.9 Å². The number of ether oxygens (including phenoxy) is 1. The minimum atomic E-state index is -0.901. The van der Waals surface area contributed by atoms with Gasteiger partial charge in [-0.2, -0.15) is 0 Å². The Morgan fingerprint density at radius 3 is 2.60 bits per heavy atom. The smallest absolute Gasteiger partial charge is 0.408 e. The molecule has 116 valence electrons. The lowest BCUT2D eigenvalue weighted by Crippen LogP contribution is -2.52. The van der Waals surface area contributed by atoms with Gasteiger partial charge in [0.1, 0.15) is 5.60 Å². The number of hydrogen-bond acceptors (Lipinski definition) is 4. The van der Waals surface area contributed by atoms with Crippen molar-refractivity contribution in [1.82, 2.24) is 15.5 Å². The average Bonchev–Trinajstić information content (AvgIpc) is 2.33. The van der Waals surface area contributed by atoms with E-state index < -0.39 is 17.8 Å². The Kier molecular flexibility index (Phi) is 6.06. The predicted octanol–water partition coefficient (Wildman–Crippen LogP) is 1.59. The molecule has 0 spiro atoms. The number of nitrogens with one attached hydrogen (secondary N) is 2. The number of hydrogen-bond donors (Lipinski definition) is 3. The third-order valence-electron chi connectivity index (χ3n) is 2.92. The highest BCUT2D eigenvalue weighted by atomic mass is 16.6. The van der Waals surface area contributed by atoms with Gasteiger partial charge in [0.05, 0.1) is 6.17 Å². The number of alkyl carbamates (subject to hydrolysis) is 1. The van der Waals surface area contributed by atoms with Crippen LogP contribution in [0.4, 0.5) is 9.59 Å². The van der Waals surface area contributed by atoms with Crippen molar-refractivity contribution in [2.24, 2.45) is 0 Å². The zero-order valence-electron chi connectivity index (χ0n) is 12.4. The molecule has 2 amide bonds. The SMILES string of the molecule is CC(C)(C)OC(=O)NCCNC1CCCCN1C(=O)O. The second-order valence-corrected chi connectivity index (χ2v) is 5.87. The number of carboxylic acid groups (broad SMARTS) is 1. The summed E-state index contributed by atoms with van der Waals surface area (Å²) in [6, 6.07) is 0. The Labute approximate surface area is 119 Å². The molecule has 1 atom stereocenters. The van der Waals surface area contributed by atoms with E-state index in [1.54, 1.807) is 20.8 Å². The Morgan fingerprint density at radius 1 is 1.30 bits per heavy atom. The first-order valence-electron chi connectivity index (χ1n) is 6.99. The van der Waals surface area contributed by atoms with Crippen molar-refractivity contribution in [2.75, 3.05) is 19.6 Å². The number of carbonyl (C=O) groups is 2. The highest BCUT2D eigenvalue weighted by Crippen LogP contribution is 2.14. The van der Waals surface area contributed by atoms with Crippen molar-refractivity contribution in [3.8, 4) is 0 Å². The van der Waals surface area contributed by atoms with Gasteiger partial charge in [-0.1, -0.05) is 0 Å². The maximum atomic E-state index is 11.4. The average molecular weight is 287 g/mol. The van der Waals surface area contributed by atoms with Gasteiger partial charge >= 0.3 is 12.2 Å². The van der Waals surface area contributed by atoms with E-state index in [1.165, 1.54) is 4.90 Å². The van der Waals surface area contributed by atoms with Crippen LogP contribution in [0.15, 0.2) is 0 Å². The molecule has 1 fully saturated rings. The predicted molar refractivity (Wildman–Crippen MR) is 74.6 cm³/mol. The van der Waals surface area contributed by atoms with Crippen molar-refractivity contribution in [3.63, 3.8) is 0 Å². The highest BCUT2D eigenvalue weighted by Gasteiger charge is 2.25. The lowest BCUT2D eigenvalue weighted by molar-refractivity contribution is 0.0522. The molecular weight excluding hydrogens is 262 g/mol. The minimum Gasteiger partial charge on any atom is -0.465 e. The Balaban J connectivity index is 2.23. The van der Waals surface area contributed by atoms with Gasteiger partial charge in [-0.15, -0.1) is 0 Å². The third-order valence-corrected chi connectivity index (χ3v) is 2.92. The molecule has 1 aliphatic heterocycles. The van der Waals surface area contributed by atoms with E-state index in [-0.39, 0.29) is 6.17 Å². The molecule has 20 heavy (non-hydrogen) atoms. The van der Waals surface area contributed by atoms with E-state index in [0.717, 1.165) is 19.3 Å². The monoisotopic (exact) mass is 287 g/mol. The van der Waals surface area contributed by atoms with Crippen molar-refractivity contribution in [2.45, 2.75) is 51.8 Å². The molecule has 3 N–H and O–H groups in total. The molecule has 0 saturated carbocycles. The maximum Gasteiger partial charge on any atom is 0.408 e. The van der Waals surface area contributed by atoms with E-state index in [4.69, 9.17) is 9.84 Å². The largest absolute Gasteiger partial charge is 0.465 e. The zero-order valence-corrected chi connectivity index (χ0v) is 12.4. The van der Waals surface area contributed by atoms with Crippen LogP contribution in [0.3, 0.4) is 0 Å². The lowest BCUT2D eigenvalue weighted by atomic mass is 10.1. The molecule has 1 aliphatic rings. The zero-order chi connectivity index (χ0) is 15.2. The van der Waals surface area contributed by atoms with Crippen molar-refractivity contribution in [3.05, 3.63) is 0 Å². The summed E-state index contributed by atoms with van der Waals surface area (Å²) in [6.07, 6.45) is 1.20. The third kappa shape index (κ3) is 6.10. The summed E-state index contributed by atoms with van der Waals surface area (Å²) in [7, 11) is 0. The first-order chi connectivity index (χ1) is 9.29. The van der Waals surface area contributed by atoms with E-state index in [2.05, 4.69) is 10.6 Å². The van der Waals surface area contributed by atoms with E-state index in [9.17, 15) is 9.59 Å². The summed E-state index contributed by atoms with van der Waals surface area (Å²) < 4.78 is 5.11. The molecule has 0 radical (unpaired) electrons. The van der Waals surface area contributed by atoms with Crippen LogP contribution in [0.2, 0.25) is 0 Å². The molecule has 1 rings (SSSR count). The molecular formula is C13H25N3O4. The second kappa shape index (κ2) is 7.33. The summed E-state index contributed by atoms with van der Waals surface area (Å²) in [4.78, 5) is 23.9. The highest BCUT2D eigenvalue weighted by molar-refractivity contribution is 5.67. The van der Waals surface area contributed by atoms with Gasteiger partial charge in [-0.25, -0.2) is 9.59 Å². The maximum absolute atomic E-state index is 11.4. The number of carbonyl (C=O) groups excluding carboxylic acids is 1. The van der Waals surface area contributed by atoms with Gasteiger partial charge in [0.2, 0.25) is 0 Å². The Morgan fingerprint density at radius 2 is 2.00 bits per heavy atom. The van der Waals surface area contributed by atoms with E-state index in [1.807, 2.05) is 0 Å². The molecule has 0 aliphatic carbocycles. The Hall–Kier alpha value is -1.50. The van der Waals surface area contributed by atoms with Crippen LogP contribution in [0.1, 0.15) is 40.0 Å². The number of nitrogens with zero attached hydrogens (tertiary/aromatic N) is 1. The lowest BCUT2D eigenvalue weighted by Gasteiger charge is -2.34. The van der Waals surface area contributed by atoms with Crippen LogP contribution in [-0.2, 0) is 4.74 Å². The quantitative estimate of drug-likeness (QED) is 0.683. The van der Waals surface area contributed by atoms with Crippen LogP contribution in [0.25, 0.3) is 0 Å². The molecule has 0 aromatic carbocycles.